The molecule has 0 fully saturated rings. The number of rotatable bonds is 3. The number of nitrogen functional groups attached to an aromatic ring is 1. The monoisotopic (exact) mass is 274 g/mol. The van der Waals surface area contributed by atoms with E-state index < -0.39 is 17.6 Å². The molecule has 0 heterocycles. The summed E-state index contributed by atoms with van der Waals surface area (Å²) in [6, 6.07) is 3.18. The van der Waals surface area contributed by atoms with Crippen molar-refractivity contribution in [3.8, 4) is 0 Å². The third-order valence-corrected chi connectivity index (χ3v) is 3.18. The number of nitrogens with zero attached hydrogens (tertiary/aromatic N) is 1. The maximum Gasteiger partial charge on any atom is 0.418 e. The van der Waals surface area contributed by atoms with Gasteiger partial charge in [-0.3, -0.25) is 4.79 Å². The Morgan fingerprint density at radius 2 is 2.00 bits per heavy atom. The number of carbonyl (C=O) groups is 1. The first kappa shape index (κ1) is 15.3. The van der Waals surface area contributed by atoms with Crippen molar-refractivity contribution in [1.29, 1.82) is 0 Å². The summed E-state index contributed by atoms with van der Waals surface area (Å²) in [5.41, 5.74) is 3.93. The summed E-state index contributed by atoms with van der Waals surface area (Å²) < 4.78 is 38.1. The fraction of sp³-hybridized carbons (Fsp3) is 0.462. The molecule has 6 heteroatoms. The highest BCUT2D eigenvalue weighted by Gasteiger charge is 2.34. The van der Waals surface area contributed by atoms with Crippen LogP contribution in [-0.4, -0.2) is 23.9 Å². The maximum absolute atomic E-state index is 12.7. The highest BCUT2D eigenvalue weighted by atomic mass is 19.4. The fourth-order valence-corrected chi connectivity index (χ4v) is 1.61. The van der Waals surface area contributed by atoms with Crippen molar-refractivity contribution in [2.75, 3.05) is 12.8 Å². The lowest BCUT2D eigenvalue weighted by Crippen LogP contribution is -2.34. The lowest BCUT2D eigenvalue weighted by atomic mass is 10.1. The van der Waals surface area contributed by atoms with Crippen LogP contribution in [0.15, 0.2) is 18.2 Å². The maximum atomic E-state index is 12.7. The van der Waals surface area contributed by atoms with Crippen molar-refractivity contribution in [2.45, 2.75) is 32.5 Å². The van der Waals surface area contributed by atoms with E-state index in [1.807, 2.05) is 13.8 Å². The van der Waals surface area contributed by atoms with Gasteiger partial charge < -0.3 is 10.6 Å². The van der Waals surface area contributed by atoms with E-state index in [0.717, 1.165) is 18.6 Å². The van der Waals surface area contributed by atoms with Crippen LogP contribution >= 0.6 is 0 Å². The number of anilines is 1. The molecular weight excluding hydrogens is 257 g/mol. The summed E-state index contributed by atoms with van der Waals surface area (Å²) >= 11 is 0. The highest BCUT2D eigenvalue weighted by molar-refractivity contribution is 5.95. The van der Waals surface area contributed by atoms with Gasteiger partial charge in [0.15, 0.2) is 0 Å². The normalized spacial score (nSPS) is 13.2. The van der Waals surface area contributed by atoms with Gasteiger partial charge in [-0.15, -0.1) is 0 Å². The van der Waals surface area contributed by atoms with Crippen LogP contribution in [0.4, 0.5) is 18.9 Å². The van der Waals surface area contributed by atoms with Crippen molar-refractivity contribution in [3.63, 3.8) is 0 Å². The van der Waals surface area contributed by atoms with E-state index in [-0.39, 0.29) is 17.3 Å². The molecular formula is C13H17F3N2O. The second kappa shape index (κ2) is 5.50. The summed E-state index contributed by atoms with van der Waals surface area (Å²) in [5, 5.41) is 0. The van der Waals surface area contributed by atoms with Gasteiger partial charge in [0.1, 0.15) is 0 Å². The number of hydrogen-bond donors (Lipinski definition) is 1. The average Bonchev–Trinajstić information content (AvgIpc) is 2.35. The molecule has 0 spiro atoms. The van der Waals surface area contributed by atoms with Gasteiger partial charge >= 0.3 is 6.18 Å². The quantitative estimate of drug-likeness (QED) is 0.861. The molecule has 0 aliphatic heterocycles. The van der Waals surface area contributed by atoms with Crippen molar-refractivity contribution >= 4 is 11.6 Å². The van der Waals surface area contributed by atoms with Gasteiger partial charge in [0.25, 0.3) is 5.91 Å². The number of nitrogens with two attached hydrogens (primary N) is 1. The Morgan fingerprint density at radius 3 is 2.47 bits per heavy atom. The minimum Gasteiger partial charge on any atom is -0.398 e. The number of halogens is 3. The van der Waals surface area contributed by atoms with Crippen LogP contribution < -0.4 is 5.73 Å². The predicted octanol–water partition coefficient (Wildman–Crippen LogP) is 3.16. The third kappa shape index (κ3) is 3.39. The molecule has 0 radical (unpaired) electrons. The molecule has 1 atom stereocenters. The zero-order valence-corrected chi connectivity index (χ0v) is 11.1. The molecule has 19 heavy (non-hydrogen) atoms. The van der Waals surface area contributed by atoms with Crippen LogP contribution in [0.3, 0.4) is 0 Å². The van der Waals surface area contributed by atoms with Crippen LogP contribution in [0, 0.1) is 0 Å². The second-order valence-electron chi connectivity index (χ2n) is 4.47. The molecule has 1 aromatic carbocycles. The first-order chi connectivity index (χ1) is 8.68. The van der Waals surface area contributed by atoms with Crippen molar-refractivity contribution in [2.24, 2.45) is 0 Å². The average molecular weight is 274 g/mol. The Hall–Kier alpha value is -1.72. The summed E-state index contributed by atoms with van der Waals surface area (Å²) in [4.78, 5) is 13.5. The molecule has 2 N–H and O–H groups in total. The molecule has 106 valence electrons. The molecule has 3 nitrogen and oxygen atoms in total. The smallest absolute Gasteiger partial charge is 0.398 e. The van der Waals surface area contributed by atoms with Crippen LogP contribution in [0.5, 0.6) is 0 Å². The third-order valence-electron chi connectivity index (χ3n) is 3.18. The number of hydrogen-bond acceptors (Lipinski definition) is 2. The van der Waals surface area contributed by atoms with E-state index in [2.05, 4.69) is 0 Å². The number of benzene rings is 1. The molecule has 1 rings (SSSR count). The molecule has 1 aromatic rings. The first-order valence-corrected chi connectivity index (χ1v) is 5.92. The molecule has 0 saturated heterocycles. The minimum absolute atomic E-state index is 0.00988. The first-order valence-electron chi connectivity index (χ1n) is 5.92. The lowest BCUT2D eigenvalue weighted by molar-refractivity contribution is -0.136. The number of alkyl halides is 3. The Balaban J connectivity index is 3.13. The topological polar surface area (TPSA) is 46.3 Å². The van der Waals surface area contributed by atoms with Gasteiger partial charge in [-0.05, 0) is 31.5 Å². The van der Waals surface area contributed by atoms with Crippen LogP contribution in [0.1, 0.15) is 36.2 Å². The SMILES string of the molecule is CCC(C)N(C)C(=O)c1ccc(N)c(C(F)(F)F)c1. The second-order valence-corrected chi connectivity index (χ2v) is 4.47. The molecule has 0 saturated carbocycles. The Bertz CT molecular complexity index is 471. The van der Waals surface area contributed by atoms with Crippen molar-refractivity contribution in [1.82, 2.24) is 4.90 Å². The Morgan fingerprint density at radius 1 is 1.42 bits per heavy atom. The van der Waals surface area contributed by atoms with E-state index in [9.17, 15) is 18.0 Å². The molecule has 0 aliphatic rings. The Kier molecular flexibility index (Phi) is 4.44. The summed E-state index contributed by atoms with van der Waals surface area (Å²) in [5.74, 6) is -0.445. The number of amides is 1. The standard InChI is InChI=1S/C13H17F3N2O/c1-4-8(2)18(3)12(19)9-5-6-11(17)10(7-9)13(14,15)16/h5-8H,4,17H2,1-3H3. The van der Waals surface area contributed by atoms with Crippen LogP contribution in [0.2, 0.25) is 0 Å². The highest BCUT2D eigenvalue weighted by Crippen LogP contribution is 2.34. The molecule has 0 bridgehead atoms. The predicted molar refractivity (Wildman–Crippen MR) is 67.7 cm³/mol. The summed E-state index contributed by atoms with van der Waals surface area (Å²) in [7, 11) is 1.57. The van der Waals surface area contributed by atoms with Gasteiger partial charge in [-0.1, -0.05) is 6.92 Å². The number of carbonyl (C=O) groups excluding carboxylic acids is 1. The van der Waals surface area contributed by atoms with Gasteiger partial charge in [0, 0.05) is 24.3 Å². The van der Waals surface area contributed by atoms with Gasteiger partial charge in [0.2, 0.25) is 0 Å². The summed E-state index contributed by atoms with van der Waals surface area (Å²) in [6.45, 7) is 3.73. The molecule has 0 aromatic heterocycles. The van der Waals surface area contributed by atoms with E-state index in [4.69, 9.17) is 5.73 Å². The summed E-state index contributed by atoms with van der Waals surface area (Å²) in [6.07, 6.45) is -3.83. The molecule has 0 aliphatic carbocycles. The van der Waals surface area contributed by atoms with E-state index >= 15 is 0 Å². The lowest BCUT2D eigenvalue weighted by Gasteiger charge is -2.24. The van der Waals surface area contributed by atoms with Gasteiger partial charge in [0.05, 0.1) is 5.56 Å². The van der Waals surface area contributed by atoms with Crippen molar-refractivity contribution in [3.05, 3.63) is 29.3 Å². The van der Waals surface area contributed by atoms with Crippen LogP contribution in [-0.2, 0) is 6.18 Å². The zero-order chi connectivity index (χ0) is 14.8. The van der Waals surface area contributed by atoms with E-state index in [1.54, 1.807) is 7.05 Å². The fourth-order valence-electron chi connectivity index (χ4n) is 1.61. The van der Waals surface area contributed by atoms with E-state index in [0.29, 0.717) is 0 Å². The molecule has 1 amide bonds. The van der Waals surface area contributed by atoms with Gasteiger partial charge in [-0.2, -0.15) is 13.2 Å². The van der Waals surface area contributed by atoms with Crippen LogP contribution in [0.25, 0.3) is 0 Å². The largest absolute Gasteiger partial charge is 0.418 e. The van der Waals surface area contributed by atoms with Crippen molar-refractivity contribution < 1.29 is 18.0 Å². The van der Waals surface area contributed by atoms with Gasteiger partial charge in [-0.25, -0.2) is 0 Å². The minimum atomic E-state index is -4.56. The Labute approximate surface area is 110 Å². The van der Waals surface area contributed by atoms with E-state index in [1.165, 1.54) is 11.0 Å². The molecule has 1 unspecified atom stereocenters. The zero-order valence-electron chi connectivity index (χ0n) is 11.1.